The van der Waals surface area contributed by atoms with Gasteiger partial charge in [-0.05, 0) is 24.3 Å². The number of nitrogens with zero attached hydrogens (tertiary/aromatic N) is 1. The minimum absolute atomic E-state index is 0.161. The van der Waals surface area contributed by atoms with Crippen molar-refractivity contribution in [2.24, 2.45) is 0 Å². The molecule has 0 aliphatic carbocycles. The smallest absolute Gasteiger partial charge is 0.212 e. The van der Waals surface area contributed by atoms with Crippen LogP contribution in [0.1, 0.15) is 16.1 Å². The minimum atomic E-state index is -0.161. The fraction of sp³-hybridized carbons (Fsp3) is 0. The summed E-state index contributed by atoms with van der Waals surface area (Å²) in [5.41, 5.74) is 7.07. The summed E-state index contributed by atoms with van der Waals surface area (Å²) in [6.45, 7) is 0. The Morgan fingerprint density at radius 1 is 1.40 bits per heavy atom. The number of H-pyrrole nitrogens is 1. The molecule has 2 aromatic rings. The lowest BCUT2D eigenvalue weighted by Gasteiger charge is -2.03. The van der Waals surface area contributed by atoms with Gasteiger partial charge in [-0.2, -0.15) is 5.10 Å². The molecule has 0 bridgehead atoms. The van der Waals surface area contributed by atoms with Gasteiger partial charge in [0.05, 0.1) is 0 Å². The third kappa shape index (κ3) is 1.92. The number of aromatic amines is 1. The first-order valence-electron chi connectivity index (χ1n) is 4.27. The molecule has 15 heavy (non-hydrogen) atoms. The number of halogens is 1. The van der Waals surface area contributed by atoms with Crippen LogP contribution in [0.3, 0.4) is 0 Å². The average molecular weight is 266 g/mol. The van der Waals surface area contributed by atoms with Gasteiger partial charge in [-0.15, -0.1) is 0 Å². The third-order valence-electron chi connectivity index (χ3n) is 2.01. The quantitative estimate of drug-likeness (QED) is 0.645. The molecule has 0 aliphatic heterocycles. The van der Waals surface area contributed by atoms with Crippen LogP contribution in [-0.4, -0.2) is 16.0 Å². The van der Waals surface area contributed by atoms with E-state index in [0.717, 1.165) is 4.47 Å². The molecule has 0 saturated carbocycles. The highest BCUT2D eigenvalue weighted by Gasteiger charge is 2.13. The molecule has 2 rings (SSSR count). The van der Waals surface area contributed by atoms with Crippen LogP contribution in [0.4, 0.5) is 5.69 Å². The molecular weight excluding hydrogens is 258 g/mol. The first-order chi connectivity index (χ1) is 7.18. The summed E-state index contributed by atoms with van der Waals surface area (Å²) >= 11 is 3.29. The van der Waals surface area contributed by atoms with E-state index in [4.69, 9.17) is 5.73 Å². The molecular formula is C10H8BrN3O. The number of hydrogen-bond donors (Lipinski definition) is 2. The van der Waals surface area contributed by atoms with Crippen LogP contribution < -0.4 is 5.73 Å². The first-order valence-corrected chi connectivity index (χ1v) is 5.07. The van der Waals surface area contributed by atoms with Gasteiger partial charge < -0.3 is 5.73 Å². The van der Waals surface area contributed by atoms with Crippen molar-refractivity contribution in [1.82, 2.24) is 10.2 Å². The predicted octanol–water partition coefficient (Wildman–Crippen LogP) is 1.99. The number of nitrogens with two attached hydrogens (primary N) is 1. The zero-order chi connectivity index (χ0) is 10.8. The summed E-state index contributed by atoms with van der Waals surface area (Å²) in [5, 5.41) is 6.33. The van der Waals surface area contributed by atoms with Crippen LogP contribution in [0.25, 0.3) is 0 Å². The number of hydrogen-bond acceptors (Lipinski definition) is 3. The van der Waals surface area contributed by atoms with E-state index in [9.17, 15) is 4.79 Å². The topological polar surface area (TPSA) is 71.8 Å². The Labute approximate surface area is 94.6 Å². The van der Waals surface area contributed by atoms with Crippen LogP contribution in [-0.2, 0) is 0 Å². The van der Waals surface area contributed by atoms with Crippen molar-refractivity contribution in [3.63, 3.8) is 0 Å². The monoisotopic (exact) mass is 265 g/mol. The van der Waals surface area contributed by atoms with Gasteiger partial charge in [-0.3, -0.25) is 9.89 Å². The highest BCUT2D eigenvalue weighted by Crippen LogP contribution is 2.20. The van der Waals surface area contributed by atoms with Gasteiger partial charge in [0.2, 0.25) is 5.78 Å². The van der Waals surface area contributed by atoms with E-state index in [1.807, 2.05) is 0 Å². The van der Waals surface area contributed by atoms with Gasteiger partial charge in [0.1, 0.15) is 5.69 Å². The van der Waals surface area contributed by atoms with Crippen LogP contribution >= 0.6 is 15.9 Å². The fourth-order valence-corrected chi connectivity index (χ4v) is 1.61. The zero-order valence-electron chi connectivity index (χ0n) is 7.70. The van der Waals surface area contributed by atoms with Crippen molar-refractivity contribution in [2.75, 3.05) is 5.73 Å². The van der Waals surface area contributed by atoms with E-state index >= 15 is 0 Å². The van der Waals surface area contributed by atoms with Crippen LogP contribution in [0.15, 0.2) is 34.9 Å². The highest BCUT2D eigenvalue weighted by atomic mass is 79.9. The normalized spacial score (nSPS) is 10.2. The second-order valence-corrected chi connectivity index (χ2v) is 3.95. The molecule has 1 aromatic heterocycles. The molecule has 0 radical (unpaired) electrons. The molecule has 0 aliphatic rings. The molecule has 4 nitrogen and oxygen atoms in total. The standard InChI is InChI=1S/C10H8BrN3O/c11-6-1-2-8(12)7(5-6)10(15)9-3-4-13-14-9/h1-5H,12H2,(H,13,14). The minimum Gasteiger partial charge on any atom is -0.398 e. The number of carbonyl (C=O) groups is 1. The van der Waals surface area contributed by atoms with Crippen molar-refractivity contribution < 1.29 is 4.79 Å². The summed E-state index contributed by atoms with van der Waals surface area (Å²) < 4.78 is 0.819. The maximum Gasteiger partial charge on any atom is 0.212 e. The van der Waals surface area contributed by atoms with Gasteiger partial charge >= 0.3 is 0 Å². The van der Waals surface area contributed by atoms with E-state index < -0.39 is 0 Å². The average Bonchev–Trinajstić information content (AvgIpc) is 2.74. The molecule has 0 unspecified atom stereocenters. The van der Waals surface area contributed by atoms with Crippen molar-refractivity contribution in [3.05, 3.63) is 46.2 Å². The molecule has 0 fully saturated rings. The first kappa shape index (κ1) is 9.92. The van der Waals surface area contributed by atoms with Crippen molar-refractivity contribution in [2.45, 2.75) is 0 Å². The lowest BCUT2D eigenvalue weighted by Crippen LogP contribution is -2.05. The molecule has 1 aromatic carbocycles. The molecule has 0 saturated heterocycles. The van der Waals surface area contributed by atoms with E-state index in [-0.39, 0.29) is 5.78 Å². The van der Waals surface area contributed by atoms with Crippen molar-refractivity contribution in [1.29, 1.82) is 0 Å². The summed E-state index contributed by atoms with van der Waals surface area (Å²) in [4.78, 5) is 11.9. The molecule has 0 spiro atoms. The Morgan fingerprint density at radius 2 is 2.20 bits per heavy atom. The lowest BCUT2D eigenvalue weighted by molar-refractivity contribution is 0.103. The summed E-state index contributed by atoms with van der Waals surface area (Å²) in [5.74, 6) is -0.161. The third-order valence-corrected chi connectivity index (χ3v) is 2.50. The van der Waals surface area contributed by atoms with Gasteiger partial charge in [0.15, 0.2) is 0 Å². The fourth-order valence-electron chi connectivity index (χ4n) is 1.25. The number of aromatic nitrogens is 2. The van der Waals surface area contributed by atoms with Gasteiger partial charge in [-0.1, -0.05) is 15.9 Å². The van der Waals surface area contributed by atoms with Gasteiger partial charge in [0, 0.05) is 21.9 Å². The van der Waals surface area contributed by atoms with Gasteiger partial charge in [-0.25, -0.2) is 0 Å². The Morgan fingerprint density at radius 3 is 2.87 bits per heavy atom. The number of nitrogens with one attached hydrogen (secondary N) is 1. The summed E-state index contributed by atoms with van der Waals surface area (Å²) in [6, 6.07) is 6.79. The zero-order valence-corrected chi connectivity index (χ0v) is 9.28. The van der Waals surface area contributed by atoms with E-state index in [2.05, 4.69) is 26.1 Å². The predicted molar refractivity (Wildman–Crippen MR) is 60.6 cm³/mol. The maximum atomic E-state index is 11.9. The second kappa shape index (κ2) is 3.86. The molecule has 0 amide bonds. The van der Waals surface area contributed by atoms with Crippen LogP contribution in [0.5, 0.6) is 0 Å². The summed E-state index contributed by atoms with van der Waals surface area (Å²) in [6.07, 6.45) is 1.53. The molecule has 76 valence electrons. The number of nitrogen functional groups attached to an aromatic ring is 1. The maximum absolute atomic E-state index is 11.9. The Kier molecular flexibility index (Phi) is 2.55. The van der Waals surface area contributed by atoms with Crippen molar-refractivity contribution >= 4 is 27.4 Å². The second-order valence-electron chi connectivity index (χ2n) is 3.03. The Balaban J connectivity index is 2.46. The molecule has 5 heteroatoms. The number of carbonyl (C=O) groups excluding carboxylic acids is 1. The number of anilines is 1. The van der Waals surface area contributed by atoms with E-state index in [0.29, 0.717) is 16.9 Å². The Hall–Kier alpha value is -1.62. The van der Waals surface area contributed by atoms with Crippen LogP contribution in [0.2, 0.25) is 0 Å². The summed E-state index contributed by atoms with van der Waals surface area (Å²) in [7, 11) is 0. The molecule has 0 atom stereocenters. The number of benzene rings is 1. The van der Waals surface area contributed by atoms with Crippen LogP contribution in [0, 0.1) is 0 Å². The van der Waals surface area contributed by atoms with Crippen molar-refractivity contribution in [3.8, 4) is 0 Å². The molecule has 1 heterocycles. The lowest BCUT2D eigenvalue weighted by atomic mass is 10.1. The van der Waals surface area contributed by atoms with E-state index in [1.54, 1.807) is 24.3 Å². The van der Waals surface area contributed by atoms with E-state index in [1.165, 1.54) is 6.20 Å². The number of ketones is 1. The highest BCUT2D eigenvalue weighted by molar-refractivity contribution is 9.10. The largest absolute Gasteiger partial charge is 0.398 e. The Bertz CT molecular complexity index is 493. The molecule has 3 N–H and O–H groups in total. The SMILES string of the molecule is Nc1ccc(Br)cc1C(=O)c1ccn[nH]1. The van der Waals surface area contributed by atoms with Gasteiger partial charge in [0.25, 0.3) is 0 Å². The number of rotatable bonds is 2.